The molecular weight excluding hydrogens is 380 g/mol. The monoisotopic (exact) mass is 416 g/mol. The van der Waals surface area contributed by atoms with Crippen molar-refractivity contribution in [2.45, 2.75) is 39.7 Å². The summed E-state index contributed by atoms with van der Waals surface area (Å²) in [7, 11) is 0. The normalized spacial score (nSPS) is 22.8. The maximum absolute atomic E-state index is 12.8. The summed E-state index contributed by atoms with van der Waals surface area (Å²) in [5.41, 5.74) is 4.24. The second-order valence-corrected chi connectivity index (χ2v) is 8.49. The van der Waals surface area contributed by atoms with Crippen LogP contribution in [0.15, 0.2) is 18.7 Å². The lowest BCUT2D eigenvalue weighted by atomic mass is 9.72. The van der Waals surface area contributed by atoms with Gasteiger partial charge in [-0.15, -0.1) is 0 Å². The summed E-state index contributed by atoms with van der Waals surface area (Å²) < 4.78 is 11.2. The fraction of sp³-hybridized carbons (Fsp3) is 0.625. The SMILES string of the molecule is C=CCOc1cc(C)c2c(c1C)[C@H](O)[C@H]([C@H](C)C(=O)NCCN1CCOCC1)CC2. The third kappa shape index (κ3) is 5.05. The molecular formula is C24H36N2O4. The number of rotatable bonds is 8. The number of aliphatic hydroxyl groups excluding tert-OH is 1. The molecule has 6 heteroatoms. The number of hydrogen-bond acceptors (Lipinski definition) is 5. The number of morpholine rings is 1. The molecule has 1 aliphatic carbocycles. The number of ether oxygens (including phenoxy) is 2. The van der Waals surface area contributed by atoms with E-state index in [9.17, 15) is 9.90 Å². The molecule has 1 saturated heterocycles. The summed E-state index contributed by atoms with van der Waals surface area (Å²) in [6, 6.07) is 2.05. The van der Waals surface area contributed by atoms with Crippen LogP contribution in [0.2, 0.25) is 0 Å². The topological polar surface area (TPSA) is 71.0 Å². The molecule has 1 amide bonds. The zero-order valence-corrected chi connectivity index (χ0v) is 18.6. The van der Waals surface area contributed by atoms with E-state index in [1.54, 1.807) is 6.08 Å². The largest absolute Gasteiger partial charge is 0.489 e. The van der Waals surface area contributed by atoms with Crippen LogP contribution in [0.1, 0.15) is 41.7 Å². The zero-order valence-electron chi connectivity index (χ0n) is 18.6. The third-order valence-corrected chi connectivity index (χ3v) is 6.59. The van der Waals surface area contributed by atoms with Crippen LogP contribution in [0.4, 0.5) is 0 Å². The van der Waals surface area contributed by atoms with Crippen LogP contribution in [0.3, 0.4) is 0 Å². The van der Waals surface area contributed by atoms with Gasteiger partial charge in [0.05, 0.1) is 19.3 Å². The van der Waals surface area contributed by atoms with Gasteiger partial charge in [-0.2, -0.15) is 0 Å². The van der Waals surface area contributed by atoms with Crippen molar-refractivity contribution in [2.75, 3.05) is 46.0 Å². The Hall–Kier alpha value is -1.89. The number of aryl methyl sites for hydroxylation is 1. The van der Waals surface area contributed by atoms with E-state index in [1.165, 1.54) is 5.56 Å². The quantitative estimate of drug-likeness (QED) is 0.638. The number of nitrogens with one attached hydrogen (secondary N) is 1. The summed E-state index contributed by atoms with van der Waals surface area (Å²) in [4.78, 5) is 15.1. The molecule has 1 fully saturated rings. The van der Waals surface area contributed by atoms with Crippen LogP contribution in [-0.2, 0) is 16.0 Å². The molecule has 0 spiro atoms. The van der Waals surface area contributed by atoms with E-state index in [2.05, 4.69) is 23.7 Å². The van der Waals surface area contributed by atoms with E-state index in [-0.39, 0.29) is 17.7 Å². The van der Waals surface area contributed by atoms with Crippen molar-refractivity contribution in [1.82, 2.24) is 10.2 Å². The lowest BCUT2D eigenvalue weighted by Crippen LogP contribution is -2.43. The molecule has 3 rings (SSSR count). The van der Waals surface area contributed by atoms with Crippen molar-refractivity contribution in [3.05, 3.63) is 41.0 Å². The lowest BCUT2D eigenvalue weighted by molar-refractivity contribution is -0.128. The molecule has 3 atom stereocenters. The van der Waals surface area contributed by atoms with Gasteiger partial charge >= 0.3 is 0 Å². The Morgan fingerprint density at radius 1 is 1.43 bits per heavy atom. The molecule has 30 heavy (non-hydrogen) atoms. The van der Waals surface area contributed by atoms with Gasteiger partial charge in [-0.3, -0.25) is 9.69 Å². The van der Waals surface area contributed by atoms with Gasteiger partial charge in [0.15, 0.2) is 0 Å². The van der Waals surface area contributed by atoms with Crippen molar-refractivity contribution in [3.63, 3.8) is 0 Å². The van der Waals surface area contributed by atoms with Crippen molar-refractivity contribution in [3.8, 4) is 5.75 Å². The molecule has 1 aromatic carbocycles. The minimum absolute atomic E-state index is 0.0178. The summed E-state index contributed by atoms with van der Waals surface area (Å²) >= 11 is 0. The molecule has 0 aromatic heterocycles. The van der Waals surface area contributed by atoms with Gasteiger partial charge in [-0.1, -0.05) is 19.6 Å². The zero-order chi connectivity index (χ0) is 21.7. The molecule has 1 heterocycles. The number of fused-ring (bicyclic) bond motifs is 1. The first-order chi connectivity index (χ1) is 14.4. The van der Waals surface area contributed by atoms with Crippen LogP contribution in [0, 0.1) is 25.7 Å². The fourth-order valence-electron chi connectivity index (χ4n) is 4.72. The third-order valence-electron chi connectivity index (χ3n) is 6.59. The molecule has 2 N–H and O–H groups in total. The van der Waals surface area contributed by atoms with Gasteiger partial charge in [0.25, 0.3) is 0 Å². The number of aliphatic hydroxyl groups is 1. The Labute approximate surface area is 180 Å². The van der Waals surface area contributed by atoms with E-state index in [0.717, 1.165) is 68.1 Å². The van der Waals surface area contributed by atoms with E-state index < -0.39 is 6.10 Å². The molecule has 166 valence electrons. The molecule has 0 saturated carbocycles. The fourth-order valence-corrected chi connectivity index (χ4v) is 4.72. The summed E-state index contributed by atoms with van der Waals surface area (Å²) in [5.74, 6) is 0.446. The molecule has 0 bridgehead atoms. The Morgan fingerprint density at radius 3 is 2.87 bits per heavy atom. The molecule has 2 aliphatic rings. The van der Waals surface area contributed by atoms with Crippen molar-refractivity contribution in [1.29, 1.82) is 0 Å². The minimum Gasteiger partial charge on any atom is -0.489 e. The summed E-state index contributed by atoms with van der Waals surface area (Å²) in [6.45, 7) is 14.9. The highest BCUT2D eigenvalue weighted by molar-refractivity contribution is 5.78. The van der Waals surface area contributed by atoms with Crippen LogP contribution >= 0.6 is 0 Å². The molecule has 0 radical (unpaired) electrons. The highest BCUT2D eigenvalue weighted by Crippen LogP contribution is 2.43. The molecule has 6 nitrogen and oxygen atoms in total. The van der Waals surface area contributed by atoms with Gasteiger partial charge < -0.3 is 19.9 Å². The smallest absolute Gasteiger partial charge is 0.223 e. The Balaban J connectivity index is 1.65. The molecule has 0 unspecified atom stereocenters. The Kier molecular flexibility index (Phi) is 7.92. The van der Waals surface area contributed by atoms with Crippen molar-refractivity contribution < 1.29 is 19.4 Å². The predicted molar refractivity (Wildman–Crippen MR) is 118 cm³/mol. The minimum atomic E-state index is -0.667. The number of hydrogen-bond donors (Lipinski definition) is 2. The lowest BCUT2D eigenvalue weighted by Gasteiger charge is -2.36. The molecule has 1 aromatic rings. The van der Waals surface area contributed by atoms with E-state index in [4.69, 9.17) is 9.47 Å². The van der Waals surface area contributed by atoms with E-state index >= 15 is 0 Å². The van der Waals surface area contributed by atoms with Gasteiger partial charge in [-0.25, -0.2) is 0 Å². The van der Waals surface area contributed by atoms with Crippen LogP contribution < -0.4 is 10.1 Å². The standard InChI is InChI=1S/C24H36N2O4/c1-5-12-30-21-15-16(2)19-6-7-20(23(27)22(19)18(21)4)17(3)24(28)25-8-9-26-10-13-29-14-11-26/h5,15,17,20,23,27H,1,6-14H2,2-4H3,(H,25,28)/t17-,20-,23+/m0/s1. The number of carbonyl (C=O) groups is 1. The summed E-state index contributed by atoms with van der Waals surface area (Å²) in [6.07, 6.45) is 2.73. The number of amides is 1. The van der Waals surface area contributed by atoms with Crippen molar-refractivity contribution in [2.24, 2.45) is 11.8 Å². The van der Waals surface area contributed by atoms with E-state index in [0.29, 0.717) is 13.2 Å². The van der Waals surface area contributed by atoms with Gasteiger partial charge in [-0.05, 0) is 55.0 Å². The van der Waals surface area contributed by atoms with Gasteiger partial charge in [0, 0.05) is 38.0 Å². The number of carbonyl (C=O) groups excluding carboxylic acids is 1. The van der Waals surface area contributed by atoms with Crippen molar-refractivity contribution >= 4 is 5.91 Å². The summed E-state index contributed by atoms with van der Waals surface area (Å²) in [5, 5.41) is 14.3. The van der Waals surface area contributed by atoms with Gasteiger partial charge in [0.1, 0.15) is 12.4 Å². The second-order valence-electron chi connectivity index (χ2n) is 8.49. The maximum atomic E-state index is 12.8. The van der Waals surface area contributed by atoms with Crippen LogP contribution in [-0.4, -0.2) is 61.9 Å². The average Bonchev–Trinajstić information content (AvgIpc) is 2.75. The van der Waals surface area contributed by atoms with Crippen LogP contribution in [0.5, 0.6) is 5.75 Å². The Bertz CT molecular complexity index is 758. The highest BCUT2D eigenvalue weighted by Gasteiger charge is 2.37. The Morgan fingerprint density at radius 2 is 2.17 bits per heavy atom. The average molecular weight is 417 g/mol. The predicted octanol–water partition coefficient (Wildman–Crippen LogP) is 2.55. The molecule has 1 aliphatic heterocycles. The van der Waals surface area contributed by atoms with Crippen LogP contribution in [0.25, 0.3) is 0 Å². The van der Waals surface area contributed by atoms with E-state index in [1.807, 2.05) is 19.9 Å². The second kappa shape index (κ2) is 10.4. The van der Waals surface area contributed by atoms with Gasteiger partial charge in [0.2, 0.25) is 5.91 Å². The number of nitrogens with zero attached hydrogens (tertiary/aromatic N) is 1. The number of benzene rings is 1. The first-order valence-electron chi connectivity index (χ1n) is 11.1. The maximum Gasteiger partial charge on any atom is 0.223 e. The highest BCUT2D eigenvalue weighted by atomic mass is 16.5. The first kappa shape index (κ1) is 22.8. The first-order valence-corrected chi connectivity index (χ1v) is 11.1.